The normalized spacial score (nSPS) is 37.2. The molecule has 148 valence electrons. The number of carbonyl (C=O) groups is 1. The first-order valence-corrected chi connectivity index (χ1v) is 12.9. The van der Waals surface area contributed by atoms with Crippen LogP contribution in [0.1, 0.15) is 67.2 Å². The molecule has 0 aromatic carbocycles. The van der Waals surface area contributed by atoms with Crippen LogP contribution in [0, 0.1) is 17.3 Å². The van der Waals surface area contributed by atoms with Gasteiger partial charge in [0.1, 0.15) is 0 Å². The second kappa shape index (κ2) is 6.10. The summed E-state index contributed by atoms with van der Waals surface area (Å²) in [4.78, 5) is 12.1. The third-order valence-corrected chi connectivity index (χ3v) is 11.4. The van der Waals surface area contributed by atoms with Crippen LogP contribution in [0.2, 0.25) is 18.1 Å². The standard InChI is InChI=1S/C21H36O4Si/c1-19(2,3)26(7,8)25-16-10-9-14-11-15(16)13-21(6,12-14)18-23-17(22)20(4,5)24-18/h10,14-15,18H,9,11-13H2,1-8H3/t14-,15+,18?,21-/m0/s1. The van der Waals surface area contributed by atoms with Gasteiger partial charge in [0.25, 0.3) is 0 Å². The van der Waals surface area contributed by atoms with E-state index in [0.717, 1.165) is 19.3 Å². The van der Waals surface area contributed by atoms with E-state index in [2.05, 4.69) is 46.9 Å². The van der Waals surface area contributed by atoms with E-state index in [1.54, 1.807) is 13.8 Å². The molecule has 1 unspecified atom stereocenters. The van der Waals surface area contributed by atoms with Crippen molar-refractivity contribution >= 4 is 14.3 Å². The highest BCUT2D eigenvalue weighted by molar-refractivity contribution is 6.74. The van der Waals surface area contributed by atoms with Crippen molar-refractivity contribution in [1.82, 2.24) is 0 Å². The summed E-state index contributed by atoms with van der Waals surface area (Å²) in [5, 5.41) is 0.191. The Balaban J connectivity index is 1.78. The molecule has 2 bridgehead atoms. The van der Waals surface area contributed by atoms with Crippen LogP contribution in [0.5, 0.6) is 0 Å². The van der Waals surface area contributed by atoms with E-state index in [1.165, 1.54) is 12.2 Å². The SMILES string of the molecule is CC1(C)OC([C@@]2(C)C[C@H]3CC=C(O[Si](C)(C)C(C)(C)C)[C@H](C3)C2)OC1=O. The summed E-state index contributed by atoms with van der Waals surface area (Å²) in [7, 11) is -1.85. The van der Waals surface area contributed by atoms with Gasteiger partial charge in [-0.05, 0) is 69.7 Å². The molecule has 26 heavy (non-hydrogen) atoms. The highest BCUT2D eigenvalue weighted by Crippen LogP contribution is 2.54. The van der Waals surface area contributed by atoms with E-state index in [4.69, 9.17) is 13.9 Å². The van der Waals surface area contributed by atoms with Gasteiger partial charge in [0, 0.05) is 11.3 Å². The summed E-state index contributed by atoms with van der Waals surface area (Å²) in [6, 6.07) is 0. The number of hydrogen-bond acceptors (Lipinski definition) is 4. The Morgan fingerprint density at radius 3 is 2.38 bits per heavy atom. The molecule has 1 saturated heterocycles. The maximum atomic E-state index is 12.1. The summed E-state index contributed by atoms with van der Waals surface area (Å²) in [6.45, 7) is 17.3. The van der Waals surface area contributed by atoms with E-state index in [9.17, 15) is 4.79 Å². The van der Waals surface area contributed by atoms with Gasteiger partial charge in [-0.25, -0.2) is 4.79 Å². The molecule has 2 fully saturated rings. The first kappa shape index (κ1) is 19.9. The summed E-state index contributed by atoms with van der Waals surface area (Å²) in [5.41, 5.74) is -0.982. The Morgan fingerprint density at radius 2 is 1.85 bits per heavy atom. The van der Waals surface area contributed by atoms with Gasteiger partial charge in [-0.2, -0.15) is 0 Å². The lowest BCUT2D eigenvalue weighted by molar-refractivity contribution is -0.177. The zero-order valence-electron chi connectivity index (χ0n) is 17.8. The van der Waals surface area contributed by atoms with Crippen molar-refractivity contribution in [3.05, 3.63) is 11.8 Å². The number of esters is 1. The summed E-state index contributed by atoms with van der Waals surface area (Å²) < 4.78 is 18.4. The molecule has 4 atom stereocenters. The van der Waals surface area contributed by atoms with E-state index in [1.807, 2.05) is 0 Å². The Bertz CT molecular complexity index is 616. The smallest absolute Gasteiger partial charge is 0.340 e. The number of hydrogen-bond donors (Lipinski definition) is 0. The van der Waals surface area contributed by atoms with Crippen LogP contribution in [-0.4, -0.2) is 26.2 Å². The van der Waals surface area contributed by atoms with E-state index in [-0.39, 0.29) is 16.4 Å². The Hall–Kier alpha value is -0.813. The maximum absolute atomic E-state index is 12.1. The molecule has 1 saturated carbocycles. The van der Waals surface area contributed by atoms with Crippen LogP contribution in [0.3, 0.4) is 0 Å². The number of allylic oxidation sites excluding steroid dienone is 2. The molecule has 1 heterocycles. The van der Waals surface area contributed by atoms with E-state index >= 15 is 0 Å². The van der Waals surface area contributed by atoms with Gasteiger partial charge >= 0.3 is 5.97 Å². The van der Waals surface area contributed by atoms with Crippen molar-refractivity contribution in [3.63, 3.8) is 0 Å². The average Bonchev–Trinajstić information content (AvgIpc) is 2.75. The van der Waals surface area contributed by atoms with Crippen LogP contribution >= 0.6 is 0 Å². The third kappa shape index (κ3) is 3.49. The van der Waals surface area contributed by atoms with Crippen LogP contribution in [0.25, 0.3) is 0 Å². The third-order valence-electron chi connectivity index (χ3n) is 7.00. The van der Waals surface area contributed by atoms with Gasteiger partial charge < -0.3 is 13.9 Å². The minimum atomic E-state index is -1.85. The second-order valence-electron chi connectivity index (χ2n) is 10.9. The first-order chi connectivity index (χ1) is 11.7. The fourth-order valence-corrected chi connectivity index (χ4v) is 5.49. The lowest BCUT2D eigenvalue weighted by Gasteiger charge is -2.48. The lowest BCUT2D eigenvalue weighted by atomic mass is 9.62. The minimum Gasteiger partial charge on any atom is -0.547 e. The Labute approximate surface area is 159 Å². The zero-order chi connectivity index (χ0) is 19.5. The van der Waals surface area contributed by atoms with Gasteiger partial charge in [-0.1, -0.05) is 27.7 Å². The number of ether oxygens (including phenoxy) is 2. The number of rotatable bonds is 3. The van der Waals surface area contributed by atoms with Crippen molar-refractivity contribution < 1.29 is 18.7 Å². The second-order valence-corrected chi connectivity index (χ2v) is 15.7. The van der Waals surface area contributed by atoms with E-state index < -0.39 is 20.2 Å². The van der Waals surface area contributed by atoms with Crippen LogP contribution in [0.15, 0.2) is 11.8 Å². The molecule has 3 rings (SSSR count). The largest absolute Gasteiger partial charge is 0.547 e. The topological polar surface area (TPSA) is 44.8 Å². The summed E-state index contributed by atoms with van der Waals surface area (Å²) >= 11 is 0. The molecule has 0 radical (unpaired) electrons. The highest BCUT2D eigenvalue weighted by Gasteiger charge is 2.54. The molecular weight excluding hydrogens is 344 g/mol. The molecular formula is C21H36O4Si. The van der Waals surface area contributed by atoms with Gasteiger partial charge in [-0.3, -0.25) is 0 Å². The molecule has 1 aliphatic heterocycles. The number of fused-ring (bicyclic) bond motifs is 2. The zero-order valence-corrected chi connectivity index (χ0v) is 18.8. The molecule has 0 amide bonds. The number of cyclic esters (lactones) is 1. The molecule has 0 aromatic heterocycles. The van der Waals surface area contributed by atoms with Gasteiger partial charge in [0.2, 0.25) is 14.6 Å². The van der Waals surface area contributed by atoms with Gasteiger partial charge in [0.05, 0.1) is 5.76 Å². The van der Waals surface area contributed by atoms with Gasteiger partial charge in [-0.15, -0.1) is 0 Å². The van der Waals surface area contributed by atoms with E-state index in [0.29, 0.717) is 11.8 Å². The van der Waals surface area contributed by atoms with Crippen molar-refractivity contribution in [1.29, 1.82) is 0 Å². The minimum absolute atomic E-state index is 0.146. The van der Waals surface area contributed by atoms with Crippen LogP contribution in [-0.2, 0) is 18.7 Å². The van der Waals surface area contributed by atoms with Gasteiger partial charge in [0.15, 0.2) is 5.60 Å². The highest BCUT2D eigenvalue weighted by atomic mass is 28.4. The molecule has 3 aliphatic rings. The van der Waals surface area contributed by atoms with Crippen LogP contribution < -0.4 is 0 Å². The van der Waals surface area contributed by atoms with Crippen molar-refractivity contribution in [2.75, 3.05) is 0 Å². The summed E-state index contributed by atoms with van der Waals surface area (Å²) in [6.07, 6.45) is 6.13. The lowest BCUT2D eigenvalue weighted by Crippen LogP contribution is -2.46. The van der Waals surface area contributed by atoms with Crippen molar-refractivity contribution in [2.24, 2.45) is 17.3 Å². The summed E-state index contributed by atoms with van der Waals surface area (Å²) in [5.74, 6) is 1.97. The van der Waals surface area contributed by atoms with Crippen molar-refractivity contribution in [3.8, 4) is 0 Å². The average molecular weight is 381 g/mol. The Morgan fingerprint density at radius 1 is 1.19 bits per heavy atom. The van der Waals surface area contributed by atoms with Crippen LogP contribution in [0.4, 0.5) is 0 Å². The fraction of sp³-hybridized carbons (Fsp3) is 0.857. The molecule has 0 N–H and O–H groups in total. The predicted molar refractivity (Wildman–Crippen MR) is 105 cm³/mol. The predicted octanol–water partition coefficient (Wildman–Crippen LogP) is 5.40. The molecule has 0 spiro atoms. The Kier molecular flexibility index (Phi) is 4.67. The fourth-order valence-electron chi connectivity index (χ4n) is 4.35. The van der Waals surface area contributed by atoms with Crippen molar-refractivity contribution in [2.45, 2.75) is 97.2 Å². The molecule has 2 aliphatic carbocycles. The molecule has 0 aromatic rings. The number of carbonyl (C=O) groups excluding carboxylic acids is 1. The quantitative estimate of drug-likeness (QED) is 0.486. The first-order valence-electron chi connectivity index (χ1n) is 10.0. The molecule has 4 nitrogen and oxygen atoms in total. The maximum Gasteiger partial charge on any atom is 0.340 e. The monoisotopic (exact) mass is 380 g/mol. The molecule has 5 heteroatoms.